The number of nitrogens with one attached hydrogen (secondary N) is 1. The number of aryl methyl sites for hydroxylation is 2. The van der Waals surface area contributed by atoms with E-state index < -0.39 is 0 Å². The number of thiazole rings is 1. The highest BCUT2D eigenvalue weighted by Crippen LogP contribution is 2.11. The normalized spacial score (nSPS) is 12.3. The molecule has 0 fully saturated rings. The number of hydrogen-bond acceptors (Lipinski definition) is 4. The zero-order valence-electron chi connectivity index (χ0n) is 12.6. The summed E-state index contributed by atoms with van der Waals surface area (Å²) in [5.74, 6) is -0.118. The average Bonchev–Trinajstić information content (AvgIpc) is 3.06. The second-order valence-corrected chi connectivity index (χ2v) is 6.03. The van der Waals surface area contributed by atoms with Gasteiger partial charge < -0.3 is 14.6 Å². The van der Waals surface area contributed by atoms with Crippen molar-refractivity contribution in [2.75, 3.05) is 7.11 Å². The van der Waals surface area contributed by atoms with Crippen molar-refractivity contribution >= 4 is 17.2 Å². The quantitative estimate of drug-likeness (QED) is 0.854. The van der Waals surface area contributed by atoms with Crippen LogP contribution in [0, 0.1) is 0 Å². The summed E-state index contributed by atoms with van der Waals surface area (Å²) in [5, 5.41) is 5.58. The molecule has 2 heterocycles. The smallest absolute Gasteiger partial charge is 0.270 e. The van der Waals surface area contributed by atoms with Crippen LogP contribution in [0.25, 0.3) is 0 Å². The molecule has 0 aliphatic carbocycles. The van der Waals surface area contributed by atoms with Crippen LogP contribution >= 0.6 is 11.3 Å². The van der Waals surface area contributed by atoms with Crippen LogP contribution in [0.1, 0.15) is 34.5 Å². The molecule has 0 aliphatic heterocycles. The summed E-state index contributed by atoms with van der Waals surface area (Å²) in [6, 6.07) is 4.25. The van der Waals surface area contributed by atoms with Crippen LogP contribution < -0.4 is 5.32 Å². The Balaban J connectivity index is 1.82. The zero-order valence-corrected chi connectivity index (χ0v) is 13.4. The maximum absolute atomic E-state index is 12.1. The maximum Gasteiger partial charge on any atom is 0.270 e. The monoisotopic (exact) mass is 307 g/mol. The number of nitrogens with zero attached hydrogens (tertiary/aromatic N) is 2. The van der Waals surface area contributed by atoms with Gasteiger partial charge in [0, 0.05) is 37.5 Å². The van der Waals surface area contributed by atoms with Crippen molar-refractivity contribution in [2.24, 2.45) is 7.05 Å². The lowest BCUT2D eigenvalue weighted by atomic mass is 10.1. The van der Waals surface area contributed by atoms with E-state index in [0.29, 0.717) is 12.3 Å². The number of amides is 1. The molecule has 0 radical (unpaired) electrons. The van der Waals surface area contributed by atoms with Crippen LogP contribution in [0.5, 0.6) is 0 Å². The van der Waals surface area contributed by atoms with Gasteiger partial charge in [-0.2, -0.15) is 0 Å². The summed E-state index contributed by atoms with van der Waals surface area (Å²) in [6.07, 6.45) is 3.88. The molecule has 6 heteroatoms. The van der Waals surface area contributed by atoms with Crippen molar-refractivity contribution in [1.82, 2.24) is 14.9 Å². The Hall–Kier alpha value is -1.66. The minimum absolute atomic E-state index is 0.111. The van der Waals surface area contributed by atoms with Gasteiger partial charge in [0.15, 0.2) is 0 Å². The van der Waals surface area contributed by atoms with E-state index in [4.69, 9.17) is 4.74 Å². The molecule has 1 atom stereocenters. The van der Waals surface area contributed by atoms with Gasteiger partial charge in [-0.15, -0.1) is 11.3 Å². The lowest BCUT2D eigenvalue weighted by Gasteiger charge is -2.13. The predicted octanol–water partition coefficient (Wildman–Crippen LogP) is 2.38. The van der Waals surface area contributed by atoms with Crippen molar-refractivity contribution < 1.29 is 9.53 Å². The predicted molar refractivity (Wildman–Crippen MR) is 83.5 cm³/mol. The molecule has 2 aromatic heterocycles. The van der Waals surface area contributed by atoms with E-state index in [2.05, 4.69) is 20.9 Å². The topological polar surface area (TPSA) is 56.1 Å². The van der Waals surface area contributed by atoms with Gasteiger partial charge >= 0.3 is 0 Å². The molecule has 0 saturated carbocycles. The Morgan fingerprint density at radius 2 is 2.38 bits per heavy atom. The average molecular weight is 307 g/mol. The minimum atomic E-state index is -0.118. The third-order valence-electron chi connectivity index (χ3n) is 3.31. The molecule has 5 nitrogen and oxygen atoms in total. The van der Waals surface area contributed by atoms with Crippen molar-refractivity contribution in [3.05, 3.63) is 40.1 Å². The Morgan fingerprint density at radius 1 is 1.57 bits per heavy atom. The summed E-state index contributed by atoms with van der Waals surface area (Å²) in [6.45, 7) is 2.46. The first-order valence-electron chi connectivity index (χ1n) is 6.94. The van der Waals surface area contributed by atoms with Crippen molar-refractivity contribution in [1.29, 1.82) is 0 Å². The number of carbonyl (C=O) groups is 1. The molecule has 2 aromatic rings. The first kappa shape index (κ1) is 15.7. The molecule has 0 unspecified atom stereocenters. The Kier molecular flexibility index (Phi) is 5.52. The highest BCUT2D eigenvalue weighted by Gasteiger charge is 2.13. The van der Waals surface area contributed by atoms with Crippen molar-refractivity contribution in [2.45, 2.75) is 32.4 Å². The highest BCUT2D eigenvalue weighted by atomic mass is 32.1. The molecule has 2 rings (SSSR count). The Labute approximate surface area is 129 Å². The van der Waals surface area contributed by atoms with Gasteiger partial charge in [0.1, 0.15) is 10.7 Å². The van der Waals surface area contributed by atoms with Gasteiger partial charge in [-0.1, -0.05) is 0 Å². The first-order valence-corrected chi connectivity index (χ1v) is 7.82. The molecule has 114 valence electrons. The molecule has 21 heavy (non-hydrogen) atoms. The molecule has 0 aliphatic rings. The van der Waals surface area contributed by atoms with E-state index in [1.165, 1.54) is 17.0 Å². The Morgan fingerprint density at radius 3 is 3.05 bits per heavy atom. The molecule has 0 bridgehead atoms. The summed E-state index contributed by atoms with van der Waals surface area (Å²) in [4.78, 5) is 16.3. The molecular formula is C15H21N3O2S. The standard InChI is InChI=1S/C15H21N3O2S/c1-11(6-7-12-5-4-8-18(12)2)16-15(19)13-10-21-14(17-13)9-20-3/h4-5,8,10-11H,6-7,9H2,1-3H3,(H,16,19)/t11-/m1/s1. The van der Waals surface area contributed by atoms with E-state index in [0.717, 1.165) is 17.8 Å². The van der Waals surface area contributed by atoms with Crippen LogP contribution in [0.15, 0.2) is 23.7 Å². The van der Waals surface area contributed by atoms with E-state index in [1.54, 1.807) is 12.5 Å². The van der Waals surface area contributed by atoms with Crippen LogP contribution in [-0.2, 0) is 24.8 Å². The molecule has 1 N–H and O–H groups in total. The van der Waals surface area contributed by atoms with Crippen molar-refractivity contribution in [3.8, 4) is 0 Å². The maximum atomic E-state index is 12.1. The van der Waals surface area contributed by atoms with Gasteiger partial charge in [0.05, 0.1) is 6.61 Å². The number of ether oxygens (including phenoxy) is 1. The third-order valence-corrected chi connectivity index (χ3v) is 4.14. The third kappa shape index (κ3) is 4.41. The number of hydrogen-bond donors (Lipinski definition) is 1. The fourth-order valence-electron chi connectivity index (χ4n) is 2.10. The zero-order chi connectivity index (χ0) is 15.2. The van der Waals surface area contributed by atoms with Crippen LogP contribution in [0.3, 0.4) is 0 Å². The van der Waals surface area contributed by atoms with E-state index in [-0.39, 0.29) is 11.9 Å². The fourth-order valence-corrected chi connectivity index (χ4v) is 2.84. The number of carbonyl (C=O) groups excluding carboxylic acids is 1. The van der Waals surface area contributed by atoms with Gasteiger partial charge in [0.2, 0.25) is 0 Å². The highest BCUT2D eigenvalue weighted by molar-refractivity contribution is 7.09. The van der Waals surface area contributed by atoms with E-state index in [9.17, 15) is 4.79 Å². The number of methoxy groups -OCH3 is 1. The van der Waals surface area contributed by atoms with E-state index in [1.807, 2.05) is 26.2 Å². The summed E-state index contributed by atoms with van der Waals surface area (Å²) in [7, 11) is 3.65. The number of rotatable bonds is 7. The number of aromatic nitrogens is 2. The van der Waals surface area contributed by atoms with Gasteiger partial charge in [-0.25, -0.2) is 4.98 Å². The second kappa shape index (κ2) is 7.38. The second-order valence-electron chi connectivity index (χ2n) is 5.08. The summed E-state index contributed by atoms with van der Waals surface area (Å²) in [5.41, 5.74) is 1.74. The molecule has 0 spiro atoms. The molecular weight excluding hydrogens is 286 g/mol. The molecule has 1 amide bonds. The largest absolute Gasteiger partial charge is 0.378 e. The lowest BCUT2D eigenvalue weighted by molar-refractivity contribution is 0.0933. The fraction of sp³-hybridized carbons (Fsp3) is 0.467. The molecule has 0 aromatic carbocycles. The van der Waals surface area contributed by atoms with Gasteiger partial charge in [-0.3, -0.25) is 4.79 Å². The van der Waals surface area contributed by atoms with E-state index >= 15 is 0 Å². The van der Waals surface area contributed by atoms with Crippen molar-refractivity contribution in [3.63, 3.8) is 0 Å². The minimum Gasteiger partial charge on any atom is -0.378 e. The van der Waals surface area contributed by atoms with Crippen LogP contribution in [0.4, 0.5) is 0 Å². The summed E-state index contributed by atoms with van der Waals surface area (Å²) >= 11 is 1.44. The Bertz CT molecular complexity index is 591. The SMILES string of the molecule is COCc1nc(C(=O)N[C@H](C)CCc2cccn2C)cs1. The van der Waals surface area contributed by atoms with Gasteiger partial charge in [0.25, 0.3) is 5.91 Å². The molecule has 0 saturated heterocycles. The first-order chi connectivity index (χ1) is 10.1. The van der Waals surface area contributed by atoms with Crippen LogP contribution in [0.2, 0.25) is 0 Å². The lowest BCUT2D eigenvalue weighted by Crippen LogP contribution is -2.33. The van der Waals surface area contributed by atoms with Gasteiger partial charge in [-0.05, 0) is 31.9 Å². The van der Waals surface area contributed by atoms with Crippen LogP contribution in [-0.4, -0.2) is 28.6 Å². The summed E-state index contributed by atoms with van der Waals surface area (Å²) < 4.78 is 7.11.